The average molecular weight is 597 g/mol. The van der Waals surface area contributed by atoms with Gasteiger partial charge in [0, 0.05) is 0 Å². The van der Waals surface area contributed by atoms with E-state index in [-0.39, 0.29) is 0 Å². The topological polar surface area (TPSA) is 17.1 Å². The highest BCUT2D eigenvalue weighted by atomic mass is 19.4. The maximum absolute atomic E-state index is 13.3. The van der Waals surface area contributed by atoms with Gasteiger partial charge in [-0.05, 0) is 0 Å². The highest BCUT2D eigenvalue weighted by Crippen LogP contribution is 2.66. The molecule has 0 aliphatic carbocycles. The Morgan fingerprint density at radius 2 is 0.444 bits per heavy atom. The van der Waals surface area contributed by atoms with Crippen LogP contribution in [0.4, 0.5) is 101 Å². The Balaban J connectivity index is 7.20. The van der Waals surface area contributed by atoms with Gasteiger partial charge in [0.25, 0.3) is 6.29 Å². The van der Waals surface area contributed by atoms with Gasteiger partial charge in [-0.1, -0.05) is 0 Å². The second-order valence-corrected chi connectivity index (χ2v) is 6.34. The van der Waals surface area contributed by atoms with Crippen molar-refractivity contribution < 1.29 is 106 Å². The fourth-order valence-corrected chi connectivity index (χ4v) is 1.82. The van der Waals surface area contributed by atoms with Crippen LogP contribution in [-0.2, 0) is 4.79 Å². The van der Waals surface area contributed by atoms with Gasteiger partial charge in [0.1, 0.15) is 0 Å². The van der Waals surface area contributed by atoms with Crippen molar-refractivity contribution in [2.24, 2.45) is 0 Å². The Labute approximate surface area is 179 Å². The minimum absolute atomic E-state index is 1.48. The lowest BCUT2D eigenvalue weighted by Gasteiger charge is -2.44. The van der Waals surface area contributed by atoms with Gasteiger partial charge in [-0.2, -0.15) is 101 Å². The minimum atomic E-state index is -9.45. The maximum atomic E-state index is 13.3. The smallest absolute Gasteiger partial charge is 0.283 e. The standard InChI is InChI=1S/C12F23O/c13-2(14,1-36)3(15,16)4(17,18)5(19,20)6(21,22)7(23,24)8(25,26)9(27,28)10(29,30)11(31,32)12(33,34)35. The molecule has 0 saturated heterocycles. The lowest BCUT2D eigenvalue weighted by atomic mass is 9.85. The van der Waals surface area contributed by atoms with Gasteiger partial charge in [-0.25, -0.2) is 0 Å². The molecule has 0 rings (SSSR count). The molecule has 0 atom stereocenters. The summed E-state index contributed by atoms with van der Waals surface area (Å²) in [6, 6.07) is 0. The van der Waals surface area contributed by atoms with Crippen LogP contribution < -0.4 is 0 Å². The molecule has 0 bridgehead atoms. The van der Waals surface area contributed by atoms with Gasteiger partial charge >= 0.3 is 65.4 Å². The van der Waals surface area contributed by atoms with Crippen molar-refractivity contribution in [3.63, 3.8) is 0 Å². The number of rotatable bonds is 10. The predicted octanol–water partition coefficient (Wildman–Crippen LogP) is 7.01. The second-order valence-electron chi connectivity index (χ2n) is 6.34. The van der Waals surface area contributed by atoms with E-state index < -0.39 is 71.7 Å². The van der Waals surface area contributed by atoms with Crippen molar-refractivity contribution in [2.45, 2.75) is 65.4 Å². The summed E-state index contributed by atoms with van der Waals surface area (Å²) < 4.78 is 296. The SMILES string of the molecule is O=[C]C(F)(F)C(F)(F)C(F)(F)C(F)(F)C(F)(F)C(F)(F)C(F)(F)C(F)(F)C(F)(F)C(F)(F)C(F)(F)F. The zero-order valence-corrected chi connectivity index (χ0v) is 15.1. The highest BCUT2D eigenvalue weighted by Gasteiger charge is 2.98. The third kappa shape index (κ3) is 3.73. The number of halogens is 23. The van der Waals surface area contributed by atoms with Crippen LogP contribution in [0.1, 0.15) is 0 Å². The number of alkyl halides is 23. The first kappa shape index (κ1) is 34.1. The molecule has 36 heavy (non-hydrogen) atoms. The van der Waals surface area contributed by atoms with Crippen LogP contribution in [0.25, 0.3) is 0 Å². The van der Waals surface area contributed by atoms with Crippen LogP contribution >= 0.6 is 0 Å². The van der Waals surface area contributed by atoms with E-state index >= 15 is 0 Å². The normalized spacial score (nSPS) is 16.9. The molecule has 0 fully saturated rings. The zero-order valence-electron chi connectivity index (χ0n) is 15.1. The third-order valence-corrected chi connectivity index (χ3v) is 4.03. The first-order chi connectivity index (χ1) is 15.1. The number of hydrogen-bond donors (Lipinski definition) is 0. The summed E-state index contributed by atoms with van der Waals surface area (Å²) in [6.07, 6.45) is -9.59. The number of carbonyl (C=O) groups excluding carboxylic acids is 1. The molecule has 0 amide bonds. The molecule has 215 valence electrons. The summed E-state index contributed by atoms with van der Waals surface area (Å²) in [6.45, 7) is 0. The molecule has 0 N–H and O–H groups in total. The van der Waals surface area contributed by atoms with Crippen molar-refractivity contribution in [2.75, 3.05) is 0 Å². The predicted molar refractivity (Wildman–Crippen MR) is 61.2 cm³/mol. The minimum Gasteiger partial charge on any atom is -0.283 e. The Morgan fingerprint density at radius 3 is 0.611 bits per heavy atom. The van der Waals surface area contributed by atoms with Gasteiger partial charge in [-0.15, -0.1) is 0 Å². The van der Waals surface area contributed by atoms with Crippen LogP contribution in [-0.4, -0.2) is 71.7 Å². The zero-order chi connectivity index (χ0) is 30.2. The maximum Gasteiger partial charge on any atom is 0.460 e. The fraction of sp³-hybridized carbons (Fsp3) is 0.917. The van der Waals surface area contributed by atoms with Crippen molar-refractivity contribution in [1.82, 2.24) is 0 Å². The lowest BCUT2D eigenvalue weighted by Crippen LogP contribution is -2.77. The Hall–Kier alpha value is -1.94. The van der Waals surface area contributed by atoms with Gasteiger partial charge in [0.05, 0.1) is 0 Å². The molecule has 0 heterocycles. The van der Waals surface area contributed by atoms with Crippen LogP contribution in [0.2, 0.25) is 0 Å². The second kappa shape index (κ2) is 8.03. The van der Waals surface area contributed by atoms with Crippen molar-refractivity contribution in [1.29, 1.82) is 0 Å². The van der Waals surface area contributed by atoms with E-state index in [0.717, 1.165) is 0 Å². The van der Waals surface area contributed by atoms with E-state index in [9.17, 15) is 106 Å². The molecular weight excluding hydrogens is 597 g/mol. The van der Waals surface area contributed by atoms with E-state index in [0.29, 0.717) is 0 Å². The first-order valence-corrected chi connectivity index (χ1v) is 7.30. The molecule has 0 spiro atoms. The summed E-state index contributed by atoms with van der Waals surface area (Å²) in [5.41, 5.74) is 0. The molecular formula is C12F23O. The quantitative estimate of drug-likeness (QED) is 0.248. The molecule has 0 unspecified atom stereocenters. The van der Waals surface area contributed by atoms with Crippen molar-refractivity contribution in [3.05, 3.63) is 0 Å². The highest BCUT2D eigenvalue weighted by molar-refractivity contribution is 5.63. The molecule has 0 aliphatic heterocycles. The van der Waals surface area contributed by atoms with E-state index in [1.54, 1.807) is 0 Å². The monoisotopic (exact) mass is 597 g/mol. The largest absolute Gasteiger partial charge is 0.460 e. The van der Waals surface area contributed by atoms with E-state index in [1.807, 2.05) is 0 Å². The lowest BCUT2D eigenvalue weighted by molar-refractivity contribution is -0.477. The Morgan fingerprint density at radius 1 is 0.278 bits per heavy atom. The Kier molecular flexibility index (Phi) is 7.60. The average Bonchev–Trinajstić information content (AvgIpc) is 2.65. The molecule has 1 radical (unpaired) electrons. The van der Waals surface area contributed by atoms with Crippen LogP contribution in [0.15, 0.2) is 0 Å². The van der Waals surface area contributed by atoms with Gasteiger partial charge in [0.2, 0.25) is 0 Å². The molecule has 0 aromatic heterocycles. The van der Waals surface area contributed by atoms with Crippen LogP contribution in [0.3, 0.4) is 0 Å². The first-order valence-electron chi connectivity index (χ1n) is 7.30. The van der Waals surface area contributed by atoms with E-state index in [2.05, 4.69) is 0 Å². The van der Waals surface area contributed by atoms with Gasteiger partial charge < -0.3 is 0 Å². The molecule has 0 aromatic carbocycles. The van der Waals surface area contributed by atoms with Crippen molar-refractivity contribution in [3.8, 4) is 0 Å². The molecule has 0 aliphatic rings. The molecule has 1 nitrogen and oxygen atoms in total. The third-order valence-electron chi connectivity index (χ3n) is 4.03. The summed E-state index contributed by atoms with van der Waals surface area (Å²) in [4.78, 5) is 9.54. The summed E-state index contributed by atoms with van der Waals surface area (Å²) >= 11 is 0. The summed E-state index contributed by atoms with van der Waals surface area (Å²) in [7, 11) is 0. The summed E-state index contributed by atoms with van der Waals surface area (Å²) in [5, 5.41) is 0. The Bertz CT molecular complexity index is 831. The van der Waals surface area contributed by atoms with Gasteiger partial charge in [0.15, 0.2) is 0 Å². The molecule has 0 saturated carbocycles. The molecule has 24 heteroatoms. The number of hydrogen-bond acceptors (Lipinski definition) is 1. The van der Waals surface area contributed by atoms with Crippen LogP contribution in [0.5, 0.6) is 0 Å². The molecule has 0 aromatic rings. The van der Waals surface area contributed by atoms with Crippen molar-refractivity contribution >= 4 is 6.29 Å². The van der Waals surface area contributed by atoms with Gasteiger partial charge in [-0.3, -0.25) is 4.79 Å². The van der Waals surface area contributed by atoms with E-state index in [4.69, 9.17) is 0 Å². The summed E-state index contributed by atoms with van der Waals surface area (Å²) in [5.74, 6) is -88.9. The van der Waals surface area contributed by atoms with Crippen LogP contribution in [0, 0.1) is 0 Å². The van der Waals surface area contributed by atoms with E-state index in [1.165, 1.54) is 0 Å². The fourth-order valence-electron chi connectivity index (χ4n) is 1.82.